The summed E-state index contributed by atoms with van der Waals surface area (Å²) in [5, 5.41) is 7.07. The van der Waals surface area contributed by atoms with E-state index in [2.05, 4.69) is 45.1 Å². The Morgan fingerprint density at radius 3 is 1.13 bits per heavy atom. The van der Waals surface area contributed by atoms with E-state index in [1.807, 2.05) is 92.6 Å². The molecule has 1 N–H and O–H groups in total. The highest BCUT2D eigenvalue weighted by atomic mass is 16.1. The van der Waals surface area contributed by atoms with Gasteiger partial charge in [-0.2, -0.15) is 10.2 Å². The van der Waals surface area contributed by atoms with Gasteiger partial charge >= 0.3 is 0 Å². The first-order valence-corrected chi connectivity index (χ1v) is 15.9. The Hall–Kier alpha value is -5.58. The number of aromatic nitrogens is 8. The molecule has 5 aromatic heterocycles. The second kappa shape index (κ2) is 60.7. The highest BCUT2D eigenvalue weighted by Crippen LogP contribution is 1.94. The Balaban J connectivity index is -0.0000000708. The molecule has 1 aliphatic rings. The Morgan fingerprint density at radius 1 is 0.519 bits per heavy atom. The van der Waals surface area contributed by atoms with Gasteiger partial charge in [-0.25, -0.2) is 9.97 Å². The van der Waals surface area contributed by atoms with Crippen molar-refractivity contribution in [3.05, 3.63) is 151 Å². The number of allylic oxidation sites excluding steroid dienone is 1. The van der Waals surface area contributed by atoms with E-state index < -0.39 is 0 Å². The molecular weight excluding hydrogens is 651 g/mol. The van der Waals surface area contributed by atoms with Crippen LogP contribution < -0.4 is 5.56 Å². The summed E-state index contributed by atoms with van der Waals surface area (Å²) in [5.74, 6) is 0.102. The fourth-order valence-electron chi connectivity index (χ4n) is 2.19. The summed E-state index contributed by atoms with van der Waals surface area (Å²) in [6, 6.07) is 14.7. The molecule has 6 rings (SSSR count). The summed E-state index contributed by atoms with van der Waals surface area (Å²) in [7, 11) is 0. The SMILES string of the molecule is C.C.C.C.CC.CC.CC.CC.CC1=CC(=O)CN=C1.Cc1ccc[nH]c1=O.c1ccncc1.c1ccnnc1.c1cnccn1.c1cncnc1. The van der Waals surface area contributed by atoms with Crippen molar-refractivity contribution >= 4 is 12.0 Å². The molecule has 292 valence electrons. The quantitative estimate of drug-likeness (QED) is 0.165. The maximum atomic E-state index is 10.6. The van der Waals surface area contributed by atoms with Gasteiger partial charge in [0.25, 0.3) is 5.56 Å². The molecule has 0 unspecified atom stereocenters. The van der Waals surface area contributed by atoms with E-state index in [9.17, 15) is 9.59 Å². The Morgan fingerprint density at radius 2 is 0.942 bits per heavy atom. The zero-order valence-corrected chi connectivity index (χ0v) is 30.3. The number of hydrogen-bond acceptors (Lipinski definition) is 10. The third-order valence-corrected chi connectivity index (χ3v) is 3.95. The first-order chi connectivity index (χ1) is 23.6. The number of rotatable bonds is 0. The molecule has 0 aliphatic carbocycles. The van der Waals surface area contributed by atoms with Gasteiger partial charge in [0.05, 0.1) is 0 Å². The average Bonchev–Trinajstić information content (AvgIpc) is 3.20. The van der Waals surface area contributed by atoms with Crippen molar-refractivity contribution < 1.29 is 4.79 Å². The molecule has 0 bridgehead atoms. The van der Waals surface area contributed by atoms with Gasteiger partial charge in [-0.05, 0) is 61.9 Å². The number of aryl methyl sites for hydroxylation is 1. The van der Waals surface area contributed by atoms with Gasteiger partial charge in [-0.3, -0.25) is 29.5 Å². The average molecular weight is 722 g/mol. The normalized spacial score (nSPS) is 8.42. The third-order valence-electron chi connectivity index (χ3n) is 3.95. The molecule has 0 fully saturated rings. The maximum absolute atomic E-state index is 10.6. The Bertz CT molecular complexity index is 1140. The molecule has 5 aromatic rings. The molecule has 0 aromatic carbocycles. The number of nitrogens with zero attached hydrogens (tertiary/aromatic N) is 8. The third kappa shape index (κ3) is 53.9. The molecule has 0 radical (unpaired) electrons. The monoisotopic (exact) mass is 722 g/mol. The molecule has 0 amide bonds. The zero-order chi connectivity index (χ0) is 36.9. The number of H-pyrrole nitrogens is 1. The Labute approximate surface area is 317 Å². The van der Waals surface area contributed by atoms with Crippen molar-refractivity contribution in [1.29, 1.82) is 0 Å². The van der Waals surface area contributed by atoms with Gasteiger partial charge in [0.1, 0.15) is 12.9 Å². The van der Waals surface area contributed by atoms with Crippen molar-refractivity contribution in [2.24, 2.45) is 4.99 Å². The van der Waals surface area contributed by atoms with Crippen molar-refractivity contribution in [2.45, 2.75) is 98.9 Å². The van der Waals surface area contributed by atoms with E-state index in [-0.39, 0.29) is 41.0 Å². The lowest BCUT2D eigenvalue weighted by atomic mass is 10.2. The number of carbonyl (C=O) groups excluding carboxylic acids is 1. The molecule has 0 spiro atoms. The van der Waals surface area contributed by atoms with E-state index in [4.69, 9.17) is 0 Å². The number of nitrogens with one attached hydrogen (secondary N) is 1. The first-order valence-electron chi connectivity index (χ1n) is 15.9. The summed E-state index contributed by atoms with van der Waals surface area (Å²) >= 11 is 0. The van der Waals surface area contributed by atoms with Crippen LogP contribution in [0.5, 0.6) is 0 Å². The number of aliphatic imine (C=N–C) groups is 1. The van der Waals surface area contributed by atoms with Gasteiger partial charge in [-0.1, -0.05) is 97.2 Å². The molecule has 6 heterocycles. The van der Waals surface area contributed by atoms with E-state index in [0.717, 1.165) is 11.1 Å². The minimum Gasteiger partial charge on any atom is -0.329 e. The number of aromatic amines is 1. The van der Waals surface area contributed by atoms with Gasteiger partial charge in [-0.15, -0.1) is 0 Å². The molecule has 0 saturated heterocycles. The van der Waals surface area contributed by atoms with Crippen LogP contribution in [0.1, 0.15) is 97.6 Å². The van der Waals surface area contributed by atoms with Crippen molar-refractivity contribution in [3.8, 4) is 0 Å². The topological polar surface area (TPSA) is 153 Å². The van der Waals surface area contributed by atoms with E-state index in [1.54, 1.807) is 106 Å². The van der Waals surface area contributed by atoms with Gasteiger partial charge in [0.15, 0.2) is 5.78 Å². The number of carbonyl (C=O) groups is 1. The van der Waals surface area contributed by atoms with Crippen LogP contribution in [0.2, 0.25) is 0 Å². The zero-order valence-electron chi connectivity index (χ0n) is 30.3. The van der Waals surface area contributed by atoms with Gasteiger partial charge in [0, 0.05) is 79.9 Å². The van der Waals surface area contributed by atoms with Crippen LogP contribution in [-0.4, -0.2) is 58.6 Å². The summed E-state index contributed by atoms with van der Waals surface area (Å²) in [4.78, 5) is 46.0. The molecule has 52 heavy (non-hydrogen) atoms. The molecule has 11 nitrogen and oxygen atoms in total. The molecule has 11 heteroatoms. The molecule has 0 atom stereocenters. The van der Waals surface area contributed by atoms with E-state index in [0.29, 0.717) is 6.54 Å². The lowest BCUT2D eigenvalue weighted by molar-refractivity contribution is -0.113. The van der Waals surface area contributed by atoms with E-state index in [1.165, 1.54) is 6.33 Å². The number of pyridine rings is 2. The standard InChI is InChI=1S/2C6H7NO.C5H5N.3C4H4N2.4C2H6.4CH4/c1-5-2-6(8)4-7-3-5;1-5-3-2-4-7-6(5)8;1-2-4-6-5-3-1;1-2-6-4-3-5-1;1-2-5-4-6-3-1;1-2-4-6-5-3-1;4*1-2;;;;/h2-3H,4H2,1H3;2-4H,1H3,(H,7,8);1-5H;3*1-4H;4*1-2H3;4*1H4. The number of ketones is 1. The maximum Gasteiger partial charge on any atom is 0.250 e. The highest BCUT2D eigenvalue weighted by molar-refractivity contribution is 6.00. The van der Waals surface area contributed by atoms with Crippen LogP contribution in [0.4, 0.5) is 0 Å². The number of dihydropyridines is 1. The van der Waals surface area contributed by atoms with Crippen molar-refractivity contribution in [1.82, 2.24) is 40.1 Å². The largest absolute Gasteiger partial charge is 0.329 e. The van der Waals surface area contributed by atoms with Crippen molar-refractivity contribution in [3.63, 3.8) is 0 Å². The fourth-order valence-corrected chi connectivity index (χ4v) is 2.19. The van der Waals surface area contributed by atoms with Crippen LogP contribution in [-0.2, 0) is 4.79 Å². The van der Waals surface area contributed by atoms with Crippen LogP contribution in [0.15, 0.2) is 144 Å². The molecular formula is C41H71N9O2. The van der Waals surface area contributed by atoms with Gasteiger partial charge in [0.2, 0.25) is 0 Å². The van der Waals surface area contributed by atoms with E-state index >= 15 is 0 Å². The summed E-state index contributed by atoms with van der Waals surface area (Å²) in [5.41, 5.74) is 1.70. The highest BCUT2D eigenvalue weighted by Gasteiger charge is 1.98. The lowest BCUT2D eigenvalue weighted by Gasteiger charge is -1.96. The Kier molecular flexibility index (Phi) is 75.7. The molecule has 1 aliphatic heterocycles. The minimum absolute atomic E-state index is 0. The molecule has 0 saturated carbocycles. The van der Waals surface area contributed by atoms with Crippen molar-refractivity contribution in [2.75, 3.05) is 6.54 Å². The smallest absolute Gasteiger partial charge is 0.250 e. The summed E-state index contributed by atoms with van der Waals surface area (Å²) < 4.78 is 0. The predicted molar refractivity (Wildman–Crippen MR) is 227 cm³/mol. The lowest BCUT2D eigenvalue weighted by Crippen LogP contribution is -2.06. The number of hydrogen-bond donors (Lipinski definition) is 1. The van der Waals surface area contributed by atoms with Crippen LogP contribution in [0.25, 0.3) is 0 Å². The van der Waals surface area contributed by atoms with Crippen LogP contribution in [0, 0.1) is 6.92 Å². The minimum atomic E-state index is -0.00694. The second-order valence-electron chi connectivity index (χ2n) is 7.24. The van der Waals surface area contributed by atoms with Crippen LogP contribution >= 0.6 is 0 Å². The summed E-state index contributed by atoms with van der Waals surface area (Å²) in [6.45, 7) is 20.0. The van der Waals surface area contributed by atoms with Crippen LogP contribution in [0.3, 0.4) is 0 Å². The first kappa shape index (κ1) is 64.9. The predicted octanol–water partition coefficient (Wildman–Crippen LogP) is 10.4. The fraction of sp³-hybridized carbons (Fsp3) is 0.366. The second-order valence-corrected chi connectivity index (χ2v) is 7.24. The summed E-state index contributed by atoms with van der Waals surface area (Å²) in [6.07, 6.45) is 23.1. The van der Waals surface area contributed by atoms with Gasteiger partial charge < -0.3 is 4.98 Å².